The van der Waals surface area contributed by atoms with E-state index in [1.807, 2.05) is 32.0 Å². The summed E-state index contributed by atoms with van der Waals surface area (Å²) in [6.07, 6.45) is 6.83. The molecule has 0 bridgehead atoms. The Bertz CT molecular complexity index is 1050. The minimum absolute atomic E-state index is 0.184. The number of benzene rings is 1. The van der Waals surface area contributed by atoms with Crippen LogP contribution in [0.25, 0.3) is 17.2 Å². The largest absolute Gasteiger partial charge is 0.379 e. The van der Waals surface area contributed by atoms with Gasteiger partial charge in [-0.1, -0.05) is 12.1 Å². The zero-order valence-corrected chi connectivity index (χ0v) is 17.9. The Morgan fingerprint density at radius 1 is 1.19 bits per heavy atom. The van der Waals surface area contributed by atoms with Gasteiger partial charge in [0.2, 0.25) is 5.91 Å². The second-order valence-electron chi connectivity index (χ2n) is 7.68. The van der Waals surface area contributed by atoms with Crippen LogP contribution in [0, 0.1) is 13.8 Å². The number of aryl methyl sites for hydroxylation is 2. The lowest BCUT2D eigenvalue weighted by Gasteiger charge is -2.26. The van der Waals surface area contributed by atoms with Gasteiger partial charge in [0.15, 0.2) is 0 Å². The third-order valence-electron chi connectivity index (χ3n) is 5.39. The van der Waals surface area contributed by atoms with E-state index in [9.17, 15) is 4.79 Å². The number of ether oxygens (including phenoxy) is 1. The molecule has 0 atom stereocenters. The van der Waals surface area contributed by atoms with Crippen molar-refractivity contribution in [3.63, 3.8) is 0 Å². The summed E-state index contributed by atoms with van der Waals surface area (Å²) in [5.41, 5.74) is 6.80. The highest BCUT2D eigenvalue weighted by molar-refractivity contribution is 6.02. The second-order valence-corrected chi connectivity index (χ2v) is 7.68. The van der Waals surface area contributed by atoms with Gasteiger partial charge in [-0.2, -0.15) is 5.10 Å². The molecule has 7 nitrogen and oxygen atoms in total. The normalized spacial score (nSPS) is 14.8. The summed E-state index contributed by atoms with van der Waals surface area (Å²) in [7, 11) is 0. The van der Waals surface area contributed by atoms with E-state index in [1.54, 1.807) is 18.5 Å². The molecule has 1 amide bonds. The minimum atomic E-state index is -0.184. The van der Waals surface area contributed by atoms with E-state index in [4.69, 9.17) is 4.74 Å². The third kappa shape index (κ3) is 5.25. The molecule has 1 aliphatic rings. The maximum absolute atomic E-state index is 12.5. The summed E-state index contributed by atoms with van der Waals surface area (Å²) in [6.45, 7) is 8.33. The van der Waals surface area contributed by atoms with Gasteiger partial charge in [-0.3, -0.25) is 19.8 Å². The van der Waals surface area contributed by atoms with Gasteiger partial charge in [0.05, 0.1) is 18.9 Å². The molecular formula is C24H27N5O2. The smallest absolute Gasteiger partial charge is 0.248 e. The number of rotatable bonds is 6. The van der Waals surface area contributed by atoms with Gasteiger partial charge in [-0.05, 0) is 49.2 Å². The summed E-state index contributed by atoms with van der Waals surface area (Å²) in [4.78, 5) is 19.0. The summed E-state index contributed by atoms with van der Waals surface area (Å²) >= 11 is 0. The number of nitrogens with one attached hydrogen (secondary N) is 2. The van der Waals surface area contributed by atoms with Crippen molar-refractivity contribution in [3.05, 3.63) is 71.3 Å². The lowest BCUT2D eigenvalue weighted by molar-refractivity contribution is -0.111. The van der Waals surface area contributed by atoms with E-state index in [0.717, 1.165) is 66.6 Å². The van der Waals surface area contributed by atoms with Crippen LogP contribution in [0.15, 0.2) is 48.8 Å². The summed E-state index contributed by atoms with van der Waals surface area (Å²) in [5, 5.41) is 10.2. The maximum Gasteiger partial charge on any atom is 0.248 e. The first kappa shape index (κ1) is 21.0. The lowest BCUT2D eigenvalue weighted by Crippen LogP contribution is -2.35. The summed E-state index contributed by atoms with van der Waals surface area (Å²) in [6, 6.07) is 9.93. The average molecular weight is 418 g/mol. The molecule has 1 fully saturated rings. The zero-order chi connectivity index (χ0) is 21.6. The SMILES string of the molecule is Cc1n[nH]c(C)c1-c1ccncc1/C=C/C(=O)Nc1ccc(CN2CCOCC2)cc1. The first-order chi connectivity index (χ1) is 15.1. The van der Waals surface area contributed by atoms with Crippen LogP contribution < -0.4 is 5.32 Å². The quantitative estimate of drug-likeness (QED) is 0.599. The molecule has 0 spiro atoms. The van der Waals surface area contributed by atoms with Crippen LogP contribution in [0.4, 0.5) is 5.69 Å². The number of carbonyl (C=O) groups is 1. The number of aromatic amines is 1. The number of amides is 1. The van der Waals surface area contributed by atoms with Crippen LogP contribution in [-0.2, 0) is 16.1 Å². The predicted molar refractivity (Wildman–Crippen MR) is 121 cm³/mol. The Morgan fingerprint density at radius 2 is 1.97 bits per heavy atom. The van der Waals surface area contributed by atoms with E-state index in [2.05, 4.69) is 37.5 Å². The number of H-pyrrole nitrogens is 1. The number of aromatic nitrogens is 3. The second kappa shape index (κ2) is 9.68. The van der Waals surface area contributed by atoms with Gasteiger partial charge < -0.3 is 10.1 Å². The Hall–Kier alpha value is -3.29. The Balaban J connectivity index is 1.40. The first-order valence-electron chi connectivity index (χ1n) is 10.4. The molecule has 4 rings (SSSR count). The van der Waals surface area contributed by atoms with E-state index >= 15 is 0 Å². The van der Waals surface area contributed by atoms with Crippen LogP contribution in [0.5, 0.6) is 0 Å². The van der Waals surface area contributed by atoms with E-state index < -0.39 is 0 Å². The van der Waals surface area contributed by atoms with Gasteiger partial charge in [0.1, 0.15) is 0 Å². The van der Waals surface area contributed by atoms with Crippen molar-refractivity contribution in [2.24, 2.45) is 0 Å². The zero-order valence-electron chi connectivity index (χ0n) is 17.9. The van der Waals surface area contributed by atoms with Crippen molar-refractivity contribution in [3.8, 4) is 11.1 Å². The van der Waals surface area contributed by atoms with Crippen molar-refractivity contribution in [2.75, 3.05) is 31.6 Å². The number of hydrogen-bond acceptors (Lipinski definition) is 5. The number of pyridine rings is 1. The Morgan fingerprint density at radius 3 is 2.68 bits per heavy atom. The number of anilines is 1. The fourth-order valence-electron chi connectivity index (χ4n) is 3.78. The average Bonchev–Trinajstić information content (AvgIpc) is 3.12. The lowest BCUT2D eigenvalue weighted by atomic mass is 10.00. The molecule has 2 N–H and O–H groups in total. The Labute approximate surface area is 182 Å². The standard InChI is InChI=1S/C24H27N5O2/c1-17-24(18(2)28-27-17)22-9-10-25-15-20(22)5-8-23(30)26-21-6-3-19(4-7-21)16-29-11-13-31-14-12-29/h3-10,15H,11-14,16H2,1-2H3,(H,26,30)(H,27,28)/b8-5+. The highest BCUT2D eigenvalue weighted by Gasteiger charge is 2.12. The molecule has 3 aromatic rings. The monoisotopic (exact) mass is 417 g/mol. The van der Waals surface area contributed by atoms with E-state index in [-0.39, 0.29) is 5.91 Å². The molecule has 0 unspecified atom stereocenters. The van der Waals surface area contributed by atoms with Crippen LogP contribution in [0.3, 0.4) is 0 Å². The van der Waals surface area contributed by atoms with Crippen molar-refractivity contribution in [1.29, 1.82) is 0 Å². The molecule has 7 heteroatoms. The number of hydrogen-bond donors (Lipinski definition) is 2. The van der Waals surface area contributed by atoms with Gasteiger partial charge in [0.25, 0.3) is 0 Å². The summed E-state index contributed by atoms with van der Waals surface area (Å²) < 4.78 is 5.39. The molecule has 1 aromatic carbocycles. The first-order valence-corrected chi connectivity index (χ1v) is 10.4. The fourth-order valence-corrected chi connectivity index (χ4v) is 3.78. The van der Waals surface area contributed by atoms with Gasteiger partial charge in [-0.15, -0.1) is 0 Å². The van der Waals surface area contributed by atoms with E-state index in [1.165, 1.54) is 11.6 Å². The van der Waals surface area contributed by atoms with Gasteiger partial charge in [-0.25, -0.2) is 0 Å². The number of nitrogens with zero attached hydrogens (tertiary/aromatic N) is 3. The van der Waals surface area contributed by atoms with Crippen LogP contribution in [0.2, 0.25) is 0 Å². The highest BCUT2D eigenvalue weighted by atomic mass is 16.5. The van der Waals surface area contributed by atoms with Crippen molar-refractivity contribution >= 4 is 17.7 Å². The van der Waals surface area contributed by atoms with Crippen LogP contribution >= 0.6 is 0 Å². The van der Waals surface area contributed by atoms with Gasteiger partial charge >= 0.3 is 0 Å². The van der Waals surface area contributed by atoms with E-state index in [0.29, 0.717) is 0 Å². The molecule has 0 saturated carbocycles. The molecule has 160 valence electrons. The number of morpholine rings is 1. The van der Waals surface area contributed by atoms with Crippen molar-refractivity contribution < 1.29 is 9.53 Å². The molecule has 2 aromatic heterocycles. The highest BCUT2D eigenvalue weighted by Crippen LogP contribution is 2.28. The molecule has 31 heavy (non-hydrogen) atoms. The summed E-state index contributed by atoms with van der Waals surface area (Å²) in [5.74, 6) is -0.184. The Kier molecular flexibility index (Phi) is 6.54. The predicted octanol–water partition coefficient (Wildman–Crippen LogP) is 3.57. The molecule has 1 aliphatic heterocycles. The molecule has 0 aliphatic carbocycles. The van der Waals surface area contributed by atoms with Crippen molar-refractivity contribution in [1.82, 2.24) is 20.1 Å². The minimum Gasteiger partial charge on any atom is -0.379 e. The van der Waals surface area contributed by atoms with Crippen LogP contribution in [-0.4, -0.2) is 52.3 Å². The number of carbonyl (C=O) groups excluding carboxylic acids is 1. The molecule has 1 saturated heterocycles. The van der Waals surface area contributed by atoms with Crippen molar-refractivity contribution in [2.45, 2.75) is 20.4 Å². The molecule has 0 radical (unpaired) electrons. The third-order valence-corrected chi connectivity index (χ3v) is 5.39. The fraction of sp³-hybridized carbons (Fsp3) is 0.292. The topological polar surface area (TPSA) is 83.1 Å². The van der Waals surface area contributed by atoms with Gasteiger partial charge in [0, 0.05) is 60.6 Å². The maximum atomic E-state index is 12.5. The molecular weight excluding hydrogens is 390 g/mol. The van der Waals surface area contributed by atoms with Crippen LogP contribution in [0.1, 0.15) is 22.5 Å². The molecule has 3 heterocycles.